The topological polar surface area (TPSA) is 31.4 Å². The number of fused-ring (bicyclic) bond motifs is 1. The number of hydrogen-bond donors (Lipinski definition) is 1. The lowest BCUT2D eigenvalue weighted by molar-refractivity contribution is 0.193. The standard InChI is InChI=1S/C17H26N4/c1-2-9-20-12-8-15(16(20)5-1)19-14-6-7-17(18-13-14)21-10-3-4-11-21/h6-7,13,15-16,19H,1-5,8-12H2. The third kappa shape index (κ3) is 2.73. The summed E-state index contributed by atoms with van der Waals surface area (Å²) in [4.78, 5) is 9.72. The number of nitrogens with one attached hydrogen (secondary N) is 1. The van der Waals surface area contributed by atoms with Gasteiger partial charge in [-0.05, 0) is 50.8 Å². The Hall–Kier alpha value is -1.29. The molecule has 21 heavy (non-hydrogen) atoms. The summed E-state index contributed by atoms with van der Waals surface area (Å²) in [6.07, 6.45) is 10.1. The Morgan fingerprint density at radius 2 is 1.81 bits per heavy atom. The predicted molar refractivity (Wildman–Crippen MR) is 86.9 cm³/mol. The molecule has 4 heteroatoms. The molecule has 4 rings (SSSR count). The second-order valence-electron chi connectivity index (χ2n) is 6.74. The van der Waals surface area contributed by atoms with Crippen molar-refractivity contribution in [3.05, 3.63) is 18.3 Å². The molecule has 0 radical (unpaired) electrons. The van der Waals surface area contributed by atoms with Crippen molar-refractivity contribution >= 4 is 11.5 Å². The van der Waals surface area contributed by atoms with Gasteiger partial charge in [-0.25, -0.2) is 4.98 Å². The van der Waals surface area contributed by atoms with Gasteiger partial charge in [-0.3, -0.25) is 4.90 Å². The molecule has 0 bridgehead atoms. The van der Waals surface area contributed by atoms with E-state index < -0.39 is 0 Å². The molecule has 0 aromatic carbocycles. The first-order valence-corrected chi connectivity index (χ1v) is 8.62. The molecule has 2 unspecified atom stereocenters. The summed E-state index contributed by atoms with van der Waals surface area (Å²) in [7, 11) is 0. The molecule has 114 valence electrons. The van der Waals surface area contributed by atoms with Crippen molar-refractivity contribution in [3.63, 3.8) is 0 Å². The SMILES string of the molecule is c1cc(N2CCCC2)ncc1NC1CCN2CCCCC12. The highest BCUT2D eigenvalue weighted by molar-refractivity contribution is 5.49. The number of pyridine rings is 1. The quantitative estimate of drug-likeness (QED) is 0.926. The molecule has 4 heterocycles. The smallest absolute Gasteiger partial charge is 0.128 e. The Labute approximate surface area is 127 Å². The van der Waals surface area contributed by atoms with E-state index in [0.29, 0.717) is 6.04 Å². The van der Waals surface area contributed by atoms with Crippen LogP contribution in [-0.4, -0.2) is 48.1 Å². The van der Waals surface area contributed by atoms with Gasteiger partial charge in [-0.2, -0.15) is 0 Å². The number of aromatic nitrogens is 1. The van der Waals surface area contributed by atoms with Gasteiger partial charge >= 0.3 is 0 Å². The molecule has 3 saturated heterocycles. The fraction of sp³-hybridized carbons (Fsp3) is 0.706. The number of anilines is 2. The first-order chi connectivity index (χ1) is 10.4. The average Bonchev–Trinajstić information content (AvgIpc) is 3.19. The van der Waals surface area contributed by atoms with Crippen molar-refractivity contribution in [2.45, 2.75) is 50.6 Å². The van der Waals surface area contributed by atoms with Crippen LogP contribution in [0, 0.1) is 0 Å². The molecule has 1 aromatic rings. The highest BCUT2D eigenvalue weighted by Crippen LogP contribution is 2.29. The molecular weight excluding hydrogens is 260 g/mol. The van der Waals surface area contributed by atoms with E-state index in [1.165, 1.54) is 70.4 Å². The van der Waals surface area contributed by atoms with Gasteiger partial charge in [0.1, 0.15) is 5.82 Å². The molecule has 0 aliphatic carbocycles. The Morgan fingerprint density at radius 3 is 2.62 bits per heavy atom. The zero-order valence-corrected chi connectivity index (χ0v) is 12.8. The van der Waals surface area contributed by atoms with Gasteiger partial charge < -0.3 is 10.2 Å². The first kappa shape index (κ1) is 13.4. The summed E-state index contributed by atoms with van der Waals surface area (Å²) in [5.41, 5.74) is 1.19. The highest BCUT2D eigenvalue weighted by Gasteiger charge is 2.35. The van der Waals surface area contributed by atoms with Crippen LogP contribution >= 0.6 is 0 Å². The fourth-order valence-electron chi connectivity index (χ4n) is 4.23. The van der Waals surface area contributed by atoms with Gasteiger partial charge in [0.05, 0.1) is 11.9 Å². The van der Waals surface area contributed by atoms with Crippen LogP contribution in [0.15, 0.2) is 18.3 Å². The number of hydrogen-bond acceptors (Lipinski definition) is 4. The van der Waals surface area contributed by atoms with Crippen LogP contribution in [0.4, 0.5) is 11.5 Å². The Balaban J connectivity index is 1.40. The molecule has 3 aliphatic heterocycles. The van der Waals surface area contributed by atoms with E-state index in [-0.39, 0.29) is 0 Å². The molecule has 0 saturated carbocycles. The molecule has 4 nitrogen and oxygen atoms in total. The largest absolute Gasteiger partial charge is 0.379 e. The molecule has 0 amide bonds. The van der Waals surface area contributed by atoms with Gasteiger partial charge in [-0.15, -0.1) is 0 Å². The maximum absolute atomic E-state index is 4.66. The average molecular weight is 286 g/mol. The van der Waals surface area contributed by atoms with Crippen molar-refractivity contribution < 1.29 is 0 Å². The Bertz CT molecular complexity index is 466. The zero-order valence-electron chi connectivity index (χ0n) is 12.8. The lowest BCUT2D eigenvalue weighted by Crippen LogP contribution is -2.41. The minimum atomic E-state index is 0.615. The zero-order chi connectivity index (χ0) is 14.1. The van der Waals surface area contributed by atoms with Gasteiger partial charge in [0, 0.05) is 31.7 Å². The maximum Gasteiger partial charge on any atom is 0.128 e. The van der Waals surface area contributed by atoms with E-state index in [9.17, 15) is 0 Å². The van der Waals surface area contributed by atoms with Gasteiger partial charge in [-0.1, -0.05) is 6.42 Å². The molecule has 0 spiro atoms. The lowest BCUT2D eigenvalue weighted by Gasteiger charge is -2.33. The van der Waals surface area contributed by atoms with E-state index in [0.717, 1.165) is 11.9 Å². The van der Waals surface area contributed by atoms with Gasteiger partial charge in [0.15, 0.2) is 0 Å². The van der Waals surface area contributed by atoms with E-state index >= 15 is 0 Å². The molecule has 3 fully saturated rings. The number of piperidine rings is 1. The Kier molecular flexibility index (Phi) is 3.72. The monoisotopic (exact) mass is 286 g/mol. The van der Waals surface area contributed by atoms with Crippen molar-refractivity contribution in [1.29, 1.82) is 0 Å². The van der Waals surface area contributed by atoms with Crippen LogP contribution in [0.25, 0.3) is 0 Å². The molecule has 1 N–H and O–H groups in total. The normalized spacial score (nSPS) is 29.6. The van der Waals surface area contributed by atoms with Crippen molar-refractivity contribution in [2.24, 2.45) is 0 Å². The maximum atomic E-state index is 4.66. The minimum absolute atomic E-state index is 0.615. The number of nitrogens with zero attached hydrogens (tertiary/aromatic N) is 3. The number of rotatable bonds is 3. The highest BCUT2D eigenvalue weighted by atomic mass is 15.2. The van der Waals surface area contributed by atoms with Crippen molar-refractivity contribution in [1.82, 2.24) is 9.88 Å². The van der Waals surface area contributed by atoms with Gasteiger partial charge in [0.25, 0.3) is 0 Å². The molecule has 3 aliphatic rings. The van der Waals surface area contributed by atoms with Crippen molar-refractivity contribution in [2.75, 3.05) is 36.4 Å². The lowest BCUT2D eigenvalue weighted by atomic mass is 9.99. The van der Waals surface area contributed by atoms with Crippen LogP contribution in [0.5, 0.6) is 0 Å². The Morgan fingerprint density at radius 1 is 0.952 bits per heavy atom. The molecule has 1 aromatic heterocycles. The third-order valence-corrected chi connectivity index (χ3v) is 5.39. The van der Waals surface area contributed by atoms with E-state index in [4.69, 9.17) is 0 Å². The van der Waals surface area contributed by atoms with Crippen LogP contribution < -0.4 is 10.2 Å². The van der Waals surface area contributed by atoms with Crippen LogP contribution in [0.2, 0.25) is 0 Å². The van der Waals surface area contributed by atoms with E-state index in [1.54, 1.807) is 0 Å². The van der Waals surface area contributed by atoms with Crippen LogP contribution in [0.3, 0.4) is 0 Å². The minimum Gasteiger partial charge on any atom is -0.379 e. The summed E-state index contributed by atoms with van der Waals surface area (Å²) >= 11 is 0. The summed E-state index contributed by atoms with van der Waals surface area (Å²) in [6.45, 7) is 4.90. The fourth-order valence-corrected chi connectivity index (χ4v) is 4.23. The summed E-state index contributed by atoms with van der Waals surface area (Å²) < 4.78 is 0. The van der Waals surface area contributed by atoms with Crippen molar-refractivity contribution in [3.8, 4) is 0 Å². The summed E-state index contributed by atoms with van der Waals surface area (Å²) in [5, 5.41) is 3.74. The van der Waals surface area contributed by atoms with E-state index in [1.807, 2.05) is 6.20 Å². The second-order valence-corrected chi connectivity index (χ2v) is 6.74. The predicted octanol–water partition coefficient (Wildman–Crippen LogP) is 2.72. The third-order valence-electron chi connectivity index (χ3n) is 5.39. The van der Waals surface area contributed by atoms with Gasteiger partial charge in [0.2, 0.25) is 0 Å². The molecule has 2 atom stereocenters. The van der Waals surface area contributed by atoms with E-state index in [2.05, 4.69) is 32.2 Å². The second kappa shape index (κ2) is 5.84. The summed E-state index contributed by atoms with van der Waals surface area (Å²) in [6, 6.07) is 5.76. The van der Waals surface area contributed by atoms with Crippen LogP contribution in [-0.2, 0) is 0 Å². The summed E-state index contributed by atoms with van der Waals surface area (Å²) in [5.74, 6) is 1.14. The molecular formula is C17H26N4. The van der Waals surface area contributed by atoms with Crippen LogP contribution in [0.1, 0.15) is 38.5 Å². The first-order valence-electron chi connectivity index (χ1n) is 8.62.